The van der Waals surface area contributed by atoms with Crippen molar-refractivity contribution in [2.45, 2.75) is 25.9 Å². The monoisotopic (exact) mass is 367 g/mol. The minimum Gasteiger partial charge on any atom is -0.481 e. The summed E-state index contributed by atoms with van der Waals surface area (Å²) in [5.41, 5.74) is 0.529. The average Bonchev–Trinajstić information content (AvgIpc) is 2.92. The molecule has 0 aliphatic carbocycles. The smallest absolute Gasteiger partial charge is 0.394 e. The largest absolute Gasteiger partial charge is 0.481 e. The number of carbonyl (C=O) groups excluding carboxylic acids is 1. The van der Waals surface area contributed by atoms with Crippen LogP contribution in [0.25, 0.3) is 0 Å². The number of likely N-dealkylation sites (tertiary alicyclic amines) is 1. The van der Waals surface area contributed by atoms with Gasteiger partial charge in [0.05, 0.1) is 23.1 Å². The molecule has 0 bridgehead atoms. The lowest BCUT2D eigenvalue weighted by Gasteiger charge is -2.19. The normalized spacial score (nSPS) is 20.8. The molecule has 1 aromatic heterocycles. The van der Waals surface area contributed by atoms with Gasteiger partial charge in [-0.2, -0.15) is 13.2 Å². The van der Waals surface area contributed by atoms with Crippen molar-refractivity contribution in [2.24, 2.45) is 11.8 Å². The van der Waals surface area contributed by atoms with Crippen LogP contribution in [0.5, 0.6) is 0 Å². The first-order chi connectivity index (χ1) is 10.6. The maximum absolute atomic E-state index is 13.0. The quantitative estimate of drug-likeness (QED) is 0.886. The van der Waals surface area contributed by atoms with E-state index in [1.807, 2.05) is 0 Å². The Balaban J connectivity index is 0.00000288. The van der Waals surface area contributed by atoms with Crippen molar-refractivity contribution < 1.29 is 27.9 Å². The van der Waals surface area contributed by atoms with Crippen LogP contribution in [-0.4, -0.2) is 51.1 Å². The number of hydrogen-bond donors (Lipinski definition) is 1. The number of amides is 1. The van der Waals surface area contributed by atoms with Crippen LogP contribution in [0.1, 0.15) is 35.8 Å². The number of carboxylic acid groups (broad SMARTS) is 1. The molecule has 0 saturated carbocycles. The van der Waals surface area contributed by atoms with E-state index in [0.717, 1.165) is 4.90 Å². The van der Waals surface area contributed by atoms with Crippen LogP contribution in [0.2, 0.25) is 0 Å². The van der Waals surface area contributed by atoms with E-state index < -0.39 is 43.0 Å². The predicted molar refractivity (Wildman–Crippen MR) is 79.9 cm³/mol. The van der Waals surface area contributed by atoms with Crippen LogP contribution >= 0.6 is 12.4 Å². The Morgan fingerprint density at radius 1 is 1.33 bits per heavy atom. The third-order valence-electron chi connectivity index (χ3n) is 3.87. The Labute approximate surface area is 142 Å². The zero-order valence-electron chi connectivity index (χ0n) is 12.9. The molecule has 1 aromatic rings. The van der Waals surface area contributed by atoms with Gasteiger partial charge in [0, 0.05) is 19.3 Å². The lowest BCUT2D eigenvalue weighted by molar-refractivity contribution is -0.187. The Bertz CT molecular complexity index is 625. The molecule has 1 amide bonds. The summed E-state index contributed by atoms with van der Waals surface area (Å²) in [6, 6.07) is 0. The van der Waals surface area contributed by atoms with Gasteiger partial charge in [-0.1, -0.05) is 13.8 Å². The molecule has 2 heterocycles. The zero-order valence-corrected chi connectivity index (χ0v) is 13.8. The number of carbonyl (C=O) groups is 2. The molecule has 1 aliphatic heterocycles. The molecule has 1 N–H and O–H groups in total. The highest BCUT2D eigenvalue weighted by molar-refractivity contribution is 5.95. The van der Waals surface area contributed by atoms with Gasteiger partial charge in [0.2, 0.25) is 0 Å². The van der Waals surface area contributed by atoms with Gasteiger partial charge in [-0.15, -0.1) is 12.4 Å². The van der Waals surface area contributed by atoms with Gasteiger partial charge in [0.15, 0.2) is 0 Å². The first-order valence-corrected chi connectivity index (χ1v) is 7.01. The summed E-state index contributed by atoms with van der Waals surface area (Å²) in [4.78, 5) is 32.2. The van der Waals surface area contributed by atoms with Crippen LogP contribution in [0.3, 0.4) is 0 Å². The molecule has 0 aromatic carbocycles. The molecule has 1 saturated heterocycles. The zero-order chi connectivity index (χ0) is 17.4. The van der Waals surface area contributed by atoms with E-state index in [9.17, 15) is 22.8 Å². The first kappa shape index (κ1) is 20.1. The summed E-state index contributed by atoms with van der Waals surface area (Å²) in [5.74, 6) is -6.08. The topological polar surface area (TPSA) is 83.4 Å². The maximum atomic E-state index is 13.0. The van der Waals surface area contributed by atoms with Crippen molar-refractivity contribution in [3.63, 3.8) is 0 Å². The molecule has 0 spiro atoms. The fourth-order valence-electron chi connectivity index (χ4n) is 2.69. The van der Waals surface area contributed by atoms with E-state index >= 15 is 0 Å². The Morgan fingerprint density at radius 3 is 2.42 bits per heavy atom. The molecule has 10 heteroatoms. The van der Waals surface area contributed by atoms with Gasteiger partial charge in [0.1, 0.15) is 6.33 Å². The maximum Gasteiger partial charge on any atom is 0.394 e. The number of aliphatic carboxylic acids is 1. The van der Waals surface area contributed by atoms with Crippen LogP contribution < -0.4 is 0 Å². The van der Waals surface area contributed by atoms with Crippen LogP contribution in [0.4, 0.5) is 13.2 Å². The van der Waals surface area contributed by atoms with Gasteiger partial charge in [-0.25, -0.2) is 9.97 Å². The van der Waals surface area contributed by atoms with Crippen LogP contribution in [0.15, 0.2) is 12.5 Å². The van der Waals surface area contributed by atoms with Crippen molar-refractivity contribution >= 4 is 24.3 Å². The lowest BCUT2D eigenvalue weighted by Crippen LogP contribution is -2.34. The third kappa shape index (κ3) is 3.95. The molecule has 24 heavy (non-hydrogen) atoms. The highest BCUT2D eigenvalue weighted by atomic mass is 35.5. The molecule has 0 unspecified atom stereocenters. The first-order valence-electron chi connectivity index (χ1n) is 7.01. The molecular formula is C14H17ClF3N3O3. The lowest BCUT2D eigenvalue weighted by atomic mass is 9.96. The number of aromatic nitrogens is 2. The predicted octanol–water partition coefficient (Wildman–Crippen LogP) is 2.36. The number of hydrogen-bond acceptors (Lipinski definition) is 4. The van der Waals surface area contributed by atoms with Gasteiger partial charge < -0.3 is 10.0 Å². The fraction of sp³-hybridized carbons (Fsp3) is 0.571. The van der Waals surface area contributed by atoms with Crippen molar-refractivity contribution in [1.82, 2.24) is 14.9 Å². The third-order valence-corrected chi connectivity index (χ3v) is 3.87. The van der Waals surface area contributed by atoms with E-state index in [2.05, 4.69) is 9.97 Å². The molecular weight excluding hydrogens is 351 g/mol. The Kier molecular flexibility index (Phi) is 6.15. The van der Waals surface area contributed by atoms with Crippen molar-refractivity contribution in [1.29, 1.82) is 0 Å². The second kappa shape index (κ2) is 7.33. The minimum atomic E-state index is -4.67. The second-order valence-electron chi connectivity index (χ2n) is 5.78. The minimum absolute atomic E-state index is 0. The molecule has 134 valence electrons. The summed E-state index contributed by atoms with van der Waals surface area (Å²) in [6.45, 7) is 2.43. The summed E-state index contributed by atoms with van der Waals surface area (Å²) in [6.07, 6.45) is -2.16. The van der Waals surface area contributed by atoms with E-state index in [1.165, 1.54) is 12.5 Å². The van der Waals surface area contributed by atoms with Crippen LogP contribution in [-0.2, 0) is 4.79 Å². The number of nitrogens with zero attached hydrogens (tertiary/aromatic N) is 3. The van der Waals surface area contributed by atoms with Crippen LogP contribution in [0, 0.1) is 11.8 Å². The highest BCUT2D eigenvalue weighted by Gasteiger charge is 2.53. The van der Waals surface area contributed by atoms with Crippen molar-refractivity contribution in [3.05, 3.63) is 23.8 Å². The van der Waals surface area contributed by atoms with E-state index in [4.69, 9.17) is 5.11 Å². The number of alkyl halides is 3. The van der Waals surface area contributed by atoms with E-state index in [0.29, 0.717) is 5.69 Å². The number of halogens is 4. The fourth-order valence-corrected chi connectivity index (χ4v) is 2.69. The molecule has 1 aliphatic rings. The summed E-state index contributed by atoms with van der Waals surface area (Å²) in [5, 5.41) is 9.00. The number of rotatable bonds is 3. The van der Waals surface area contributed by atoms with E-state index in [-0.39, 0.29) is 23.9 Å². The van der Waals surface area contributed by atoms with Gasteiger partial charge >= 0.3 is 12.1 Å². The summed E-state index contributed by atoms with van der Waals surface area (Å²) in [7, 11) is 0. The Hall–Kier alpha value is -1.90. The molecule has 6 nitrogen and oxygen atoms in total. The standard InChI is InChI=1S/C14H16F3N3O3.ClH/c1-7(2)11-8(3-18-6-19-11)12(21)20-4-9(13(22)23)10(5-20)14(15,16)17;/h3,6-7,9-10H,4-5H2,1-2H3,(H,22,23);1H/t9-,10-;/m1./s1. The molecule has 2 rings (SSSR count). The van der Waals surface area contributed by atoms with Gasteiger partial charge in [0.25, 0.3) is 5.91 Å². The SMILES string of the molecule is CC(C)c1ncncc1C(=O)N1C[C@@H](C(F)(F)F)[C@H](C(=O)O)C1.Cl. The molecule has 0 radical (unpaired) electrons. The summed E-state index contributed by atoms with van der Waals surface area (Å²) >= 11 is 0. The average molecular weight is 368 g/mol. The van der Waals surface area contributed by atoms with Crippen molar-refractivity contribution in [2.75, 3.05) is 13.1 Å². The van der Waals surface area contributed by atoms with E-state index in [1.54, 1.807) is 13.8 Å². The highest BCUT2D eigenvalue weighted by Crippen LogP contribution is 2.38. The van der Waals surface area contributed by atoms with Gasteiger partial charge in [-0.3, -0.25) is 9.59 Å². The molecule has 1 fully saturated rings. The Morgan fingerprint density at radius 2 is 1.96 bits per heavy atom. The number of carboxylic acids is 1. The second-order valence-corrected chi connectivity index (χ2v) is 5.78. The van der Waals surface area contributed by atoms with Gasteiger partial charge in [-0.05, 0) is 5.92 Å². The molecule has 2 atom stereocenters. The summed E-state index contributed by atoms with van der Waals surface area (Å²) < 4.78 is 39.0. The van der Waals surface area contributed by atoms with Crippen molar-refractivity contribution in [3.8, 4) is 0 Å².